The van der Waals surface area contributed by atoms with Crippen LogP contribution in [0, 0.1) is 23.7 Å². The van der Waals surface area contributed by atoms with Gasteiger partial charge in [0, 0.05) is 6.04 Å². The molecule has 5 atom stereocenters. The van der Waals surface area contributed by atoms with Crippen LogP contribution in [0.15, 0.2) is 12.1 Å². The summed E-state index contributed by atoms with van der Waals surface area (Å²) in [5, 5.41) is 3.82. The van der Waals surface area contributed by atoms with Gasteiger partial charge in [-0.3, -0.25) is 4.79 Å². The number of hydrogen-bond donors (Lipinski definition) is 1. The van der Waals surface area contributed by atoms with Crippen molar-refractivity contribution < 1.29 is 4.79 Å². The largest absolute Gasteiger partial charge is 0.348 e. The van der Waals surface area contributed by atoms with Crippen LogP contribution in [0.25, 0.3) is 0 Å². The third-order valence-electron chi connectivity index (χ3n) is 5.77. The summed E-state index contributed by atoms with van der Waals surface area (Å²) in [4.78, 5) is 16.5. The van der Waals surface area contributed by atoms with Crippen LogP contribution < -0.4 is 5.32 Å². The van der Waals surface area contributed by atoms with Gasteiger partial charge in [0.2, 0.25) is 0 Å². The number of aromatic nitrogens is 1. The van der Waals surface area contributed by atoms with Crippen molar-refractivity contribution in [2.24, 2.45) is 23.7 Å². The highest BCUT2D eigenvalue weighted by molar-refractivity contribution is 6.34. The number of nitrogens with zero attached hydrogens (tertiary/aromatic N) is 1. The predicted octanol–water partition coefficient (Wildman–Crippen LogP) is 3.94. The van der Waals surface area contributed by atoms with E-state index in [0.717, 1.165) is 24.2 Å². The average Bonchev–Trinajstić information content (AvgIpc) is 3.13. The number of pyridine rings is 1. The molecule has 21 heavy (non-hydrogen) atoms. The highest BCUT2D eigenvalue weighted by Gasteiger charge is 2.54. The highest BCUT2D eigenvalue weighted by Crippen LogP contribution is 2.58. The summed E-state index contributed by atoms with van der Waals surface area (Å²) >= 11 is 11.9. The average molecular weight is 325 g/mol. The molecule has 3 nitrogen and oxygen atoms in total. The Morgan fingerprint density at radius 1 is 1.14 bits per heavy atom. The molecule has 3 aliphatic carbocycles. The molecule has 1 N–H and O–H groups in total. The summed E-state index contributed by atoms with van der Waals surface area (Å²) in [6.07, 6.45) is 6.51. The van der Waals surface area contributed by atoms with Gasteiger partial charge in [-0.15, -0.1) is 0 Å². The van der Waals surface area contributed by atoms with Crippen LogP contribution >= 0.6 is 23.2 Å². The Morgan fingerprint density at radius 3 is 2.81 bits per heavy atom. The second kappa shape index (κ2) is 5.13. The molecule has 0 unspecified atom stereocenters. The Balaban J connectivity index is 1.50. The third kappa shape index (κ3) is 2.25. The van der Waals surface area contributed by atoms with E-state index in [1.54, 1.807) is 12.1 Å². The van der Waals surface area contributed by atoms with Crippen molar-refractivity contribution >= 4 is 29.1 Å². The van der Waals surface area contributed by atoms with Crippen molar-refractivity contribution in [3.05, 3.63) is 28.0 Å². The quantitative estimate of drug-likeness (QED) is 0.837. The van der Waals surface area contributed by atoms with Crippen molar-refractivity contribution in [2.45, 2.75) is 38.1 Å². The first-order chi connectivity index (χ1) is 10.1. The monoisotopic (exact) mass is 324 g/mol. The molecule has 0 saturated heterocycles. The van der Waals surface area contributed by atoms with Crippen LogP contribution in [0.1, 0.15) is 42.6 Å². The molecule has 1 heterocycles. The van der Waals surface area contributed by atoms with E-state index in [1.165, 1.54) is 25.7 Å². The van der Waals surface area contributed by atoms with Gasteiger partial charge in [-0.2, -0.15) is 0 Å². The van der Waals surface area contributed by atoms with Crippen molar-refractivity contribution in [3.8, 4) is 0 Å². The molecule has 1 amide bonds. The molecule has 0 aliphatic heterocycles. The van der Waals surface area contributed by atoms with E-state index in [1.807, 2.05) is 0 Å². The Hall–Kier alpha value is -0.800. The molecular formula is C16H18Cl2N2O. The van der Waals surface area contributed by atoms with Crippen molar-refractivity contribution in [1.82, 2.24) is 10.3 Å². The van der Waals surface area contributed by atoms with Crippen LogP contribution in [0.3, 0.4) is 0 Å². The van der Waals surface area contributed by atoms with Crippen molar-refractivity contribution in [1.29, 1.82) is 0 Å². The minimum Gasteiger partial charge on any atom is -0.348 e. The number of carbonyl (C=O) groups excluding carboxylic acids is 1. The van der Waals surface area contributed by atoms with E-state index >= 15 is 0 Å². The zero-order valence-corrected chi connectivity index (χ0v) is 13.2. The summed E-state index contributed by atoms with van der Waals surface area (Å²) in [6, 6.07) is 3.51. The van der Waals surface area contributed by atoms with Gasteiger partial charge in [-0.05, 0) is 61.5 Å². The predicted molar refractivity (Wildman–Crippen MR) is 82.6 cm³/mol. The van der Waals surface area contributed by atoms with Gasteiger partial charge in [0.05, 0.1) is 5.02 Å². The van der Waals surface area contributed by atoms with E-state index < -0.39 is 0 Å². The number of rotatable bonds is 2. The molecule has 5 heteroatoms. The fraction of sp³-hybridized carbons (Fsp3) is 0.625. The van der Waals surface area contributed by atoms with Gasteiger partial charge < -0.3 is 5.32 Å². The molecule has 3 fully saturated rings. The maximum atomic E-state index is 12.4. The lowest BCUT2D eigenvalue weighted by atomic mass is 9.79. The van der Waals surface area contributed by atoms with Gasteiger partial charge in [-0.25, -0.2) is 4.98 Å². The normalized spacial score (nSPS) is 36.8. The summed E-state index contributed by atoms with van der Waals surface area (Å²) in [7, 11) is 0. The number of fused-ring (bicyclic) bond motifs is 5. The van der Waals surface area contributed by atoms with E-state index in [2.05, 4.69) is 10.3 Å². The van der Waals surface area contributed by atoms with Gasteiger partial charge >= 0.3 is 0 Å². The standard InChI is InChI=1S/C16H18Cl2N2O/c17-12-4-5-14(18)20-15(12)16(21)19-13-7-8-6-11(13)10-3-1-2-9(8)10/h4-5,8-11,13H,1-3,6-7H2,(H,19,21)/t8-,9-,10-,11+,13-/m1/s1. The fourth-order valence-electron chi connectivity index (χ4n) is 5.05. The molecule has 2 bridgehead atoms. The first-order valence-corrected chi connectivity index (χ1v) is 8.52. The minimum atomic E-state index is -0.186. The first kappa shape index (κ1) is 13.8. The second-order valence-electron chi connectivity index (χ2n) is 6.70. The summed E-state index contributed by atoms with van der Waals surface area (Å²) in [6.45, 7) is 0. The molecule has 3 aliphatic rings. The number of carbonyl (C=O) groups is 1. The molecule has 0 spiro atoms. The summed E-state index contributed by atoms with van der Waals surface area (Å²) < 4.78 is 0. The van der Waals surface area contributed by atoms with Gasteiger partial charge in [0.15, 0.2) is 0 Å². The van der Waals surface area contributed by atoms with Crippen molar-refractivity contribution in [2.75, 3.05) is 0 Å². The van der Waals surface area contributed by atoms with Crippen LogP contribution in [0.2, 0.25) is 10.2 Å². The van der Waals surface area contributed by atoms with E-state index in [4.69, 9.17) is 23.2 Å². The number of amides is 1. The zero-order chi connectivity index (χ0) is 14.6. The Labute approximate surface area is 134 Å². The van der Waals surface area contributed by atoms with Gasteiger partial charge in [0.25, 0.3) is 5.91 Å². The van der Waals surface area contributed by atoms with Crippen LogP contribution in [0.5, 0.6) is 0 Å². The van der Waals surface area contributed by atoms with Gasteiger partial charge in [-0.1, -0.05) is 29.6 Å². The fourth-order valence-corrected chi connectivity index (χ4v) is 5.39. The molecule has 1 aromatic rings. The molecule has 4 rings (SSSR count). The summed E-state index contributed by atoms with van der Waals surface area (Å²) in [5.74, 6) is 3.04. The third-order valence-corrected chi connectivity index (χ3v) is 6.29. The lowest BCUT2D eigenvalue weighted by molar-refractivity contribution is 0.0896. The number of halogens is 2. The molecular weight excluding hydrogens is 307 g/mol. The first-order valence-electron chi connectivity index (χ1n) is 7.76. The molecule has 0 aromatic carbocycles. The van der Waals surface area contributed by atoms with Crippen LogP contribution in [0.4, 0.5) is 0 Å². The topological polar surface area (TPSA) is 42.0 Å². The highest BCUT2D eigenvalue weighted by atomic mass is 35.5. The smallest absolute Gasteiger partial charge is 0.271 e. The molecule has 3 saturated carbocycles. The Kier molecular flexibility index (Phi) is 3.38. The van der Waals surface area contributed by atoms with Gasteiger partial charge in [0.1, 0.15) is 10.8 Å². The van der Waals surface area contributed by atoms with Crippen LogP contribution in [-0.2, 0) is 0 Å². The van der Waals surface area contributed by atoms with Crippen LogP contribution in [-0.4, -0.2) is 16.9 Å². The maximum Gasteiger partial charge on any atom is 0.271 e. The Morgan fingerprint density at radius 2 is 1.95 bits per heavy atom. The minimum absolute atomic E-state index is 0.186. The molecule has 112 valence electrons. The summed E-state index contributed by atoms with van der Waals surface area (Å²) in [5.41, 5.74) is 0.245. The van der Waals surface area contributed by atoms with E-state index in [0.29, 0.717) is 22.1 Å². The lowest BCUT2D eigenvalue weighted by Crippen LogP contribution is -2.42. The number of nitrogens with one attached hydrogen (secondary N) is 1. The van der Waals surface area contributed by atoms with E-state index in [-0.39, 0.29) is 11.6 Å². The zero-order valence-electron chi connectivity index (χ0n) is 11.7. The molecule has 1 aromatic heterocycles. The van der Waals surface area contributed by atoms with E-state index in [9.17, 15) is 4.79 Å². The second-order valence-corrected chi connectivity index (χ2v) is 7.49. The molecule has 0 radical (unpaired) electrons. The lowest BCUT2D eigenvalue weighted by Gasteiger charge is -2.32. The Bertz CT molecular complexity index is 592. The maximum absolute atomic E-state index is 12.4. The SMILES string of the molecule is O=C(N[C@@H]1C[C@H]2C[C@H]1[C@@H]1CCC[C@H]21)c1nc(Cl)ccc1Cl. The number of hydrogen-bond acceptors (Lipinski definition) is 2. The van der Waals surface area contributed by atoms with Crippen molar-refractivity contribution in [3.63, 3.8) is 0 Å².